The van der Waals surface area contributed by atoms with Gasteiger partial charge in [0.2, 0.25) is 11.8 Å². The highest BCUT2D eigenvalue weighted by Crippen LogP contribution is 2.52. The van der Waals surface area contributed by atoms with Crippen molar-refractivity contribution in [1.82, 2.24) is 25.4 Å². The highest BCUT2D eigenvalue weighted by Gasteiger charge is 2.62. The number of amides is 3. The van der Waals surface area contributed by atoms with Gasteiger partial charge < -0.3 is 39.2 Å². The van der Waals surface area contributed by atoms with Gasteiger partial charge in [0, 0.05) is 37.5 Å². The van der Waals surface area contributed by atoms with Crippen LogP contribution in [0.4, 0.5) is 4.79 Å². The number of nitrogens with zero attached hydrogens (tertiary/aromatic N) is 3. The molecule has 1 aromatic carbocycles. The molecule has 0 bridgehead atoms. The molecule has 314 valence electrons. The van der Waals surface area contributed by atoms with Crippen LogP contribution in [0.3, 0.4) is 0 Å². The number of likely N-dealkylation sites (tertiary alicyclic amines) is 1. The van der Waals surface area contributed by atoms with E-state index in [9.17, 15) is 19.2 Å². The number of halogens is 1. The van der Waals surface area contributed by atoms with Crippen molar-refractivity contribution in [2.75, 3.05) is 53.1 Å². The quantitative estimate of drug-likeness (QED) is 0.178. The number of aromatic nitrogens is 1. The van der Waals surface area contributed by atoms with Crippen molar-refractivity contribution in [3.05, 3.63) is 46.6 Å². The molecule has 14 nitrogen and oxygen atoms in total. The fourth-order valence-electron chi connectivity index (χ4n) is 8.85. The first-order valence-electron chi connectivity index (χ1n) is 20.5. The molecule has 3 aliphatic carbocycles. The SMILES string of the molecule is C=C(C)[C@H](NC(=O)O[C@@H]1C[C@@H]2C[C@@H]2C1)C(=O)N1C[C@H](Oc2cc(C=C(C)C)nc3c(Cl)c(OCCN4CCOCC4)ccc23)C[C@H]1C(=O)N[C@]1(C(=O)OC)C[C@H]1CC. The van der Waals surface area contributed by atoms with Gasteiger partial charge in [-0.15, -0.1) is 0 Å². The number of hydrogen-bond donors (Lipinski definition) is 2. The van der Waals surface area contributed by atoms with Gasteiger partial charge in [0.05, 0.1) is 38.1 Å². The summed E-state index contributed by atoms with van der Waals surface area (Å²) in [4.78, 5) is 63.4. The Bertz CT molecular complexity index is 1950. The van der Waals surface area contributed by atoms with Gasteiger partial charge in [0.25, 0.3) is 0 Å². The largest absolute Gasteiger partial charge is 0.491 e. The van der Waals surface area contributed by atoms with E-state index in [0.717, 1.165) is 38.0 Å². The van der Waals surface area contributed by atoms with Crippen molar-refractivity contribution in [3.63, 3.8) is 0 Å². The van der Waals surface area contributed by atoms with Gasteiger partial charge >= 0.3 is 12.1 Å². The van der Waals surface area contributed by atoms with Crippen molar-refractivity contribution >= 4 is 52.5 Å². The number of rotatable bonds is 15. The highest BCUT2D eigenvalue weighted by molar-refractivity contribution is 6.36. The number of allylic oxidation sites excluding steroid dienone is 1. The van der Waals surface area contributed by atoms with Crippen LogP contribution in [-0.2, 0) is 28.6 Å². The molecule has 0 unspecified atom stereocenters. The molecule has 3 saturated carbocycles. The van der Waals surface area contributed by atoms with E-state index in [0.29, 0.717) is 83.2 Å². The number of esters is 1. The van der Waals surface area contributed by atoms with Crippen LogP contribution in [0, 0.1) is 17.8 Å². The average Bonchev–Trinajstić information content (AvgIpc) is 4.00. The van der Waals surface area contributed by atoms with E-state index in [2.05, 4.69) is 22.1 Å². The molecule has 3 amide bonds. The Kier molecular flexibility index (Phi) is 12.6. The number of hydrogen-bond acceptors (Lipinski definition) is 11. The predicted molar refractivity (Wildman–Crippen MR) is 217 cm³/mol. The first-order valence-corrected chi connectivity index (χ1v) is 20.9. The summed E-state index contributed by atoms with van der Waals surface area (Å²) in [5.74, 6) is 0.501. The van der Waals surface area contributed by atoms with Crippen LogP contribution in [-0.4, -0.2) is 122 Å². The lowest BCUT2D eigenvalue weighted by molar-refractivity contribution is -0.148. The van der Waals surface area contributed by atoms with E-state index in [1.165, 1.54) is 18.4 Å². The lowest BCUT2D eigenvalue weighted by atomic mass is 10.1. The minimum atomic E-state index is -1.18. The summed E-state index contributed by atoms with van der Waals surface area (Å²) in [7, 11) is 1.29. The van der Waals surface area contributed by atoms with Crippen molar-refractivity contribution in [1.29, 1.82) is 0 Å². The Morgan fingerprint density at radius 1 is 1.07 bits per heavy atom. The van der Waals surface area contributed by atoms with Gasteiger partial charge in [-0.05, 0) is 88.0 Å². The van der Waals surface area contributed by atoms with Crippen LogP contribution in [0.25, 0.3) is 17.0 Å². The summed E-state index contributed by atoms with van der Waals surface area (Å²) in [5, 5.41) is 6.65. The lowest BCUT2D eigenvalue weighted by Crippen LogP contribution is -2.56. The zero-order valence-electron chi connectivity index (χ0n) is 34.1. The van der Waals surface area contributed by atoms with E-state index in [1.807, 2.05) is 39.0 Å². The number of carbonyl (C=O) groups is 4. The molecule has 0 spiro atoms. The Morgan fingerprint density at radius 2 is 1.81 bits per heavy atom. The molecular formula is C43H56ClN5O9. The second kappa shape index (κ2) is 17.4. The third-order valence-electron chi connectivity index (χ3n) is 12.2. The number of carbonyl (C=O) groups excluding carboxylic acids is 4. The molecule has 7 rings (SSSR count). The third kappa shape index (κ3) is 9.08. The number of morpholine rings is 1. The number of fused-ring (bicyclic) bond motifs is 2. The summed E-state index contributed by atoms with van der Waals surface area (Å²) in [6, 6.07) is 3.25. The topological polar surface area (TPSA) is 158 Å². The van der Waals surface area contributed by atoms with Crippen molar-refractivity contribution in [3.8, 4) is 11.5 Å². The molecule has 2 saturated heterocycles. The Hall–Kier alpha value is -4.40. The predicted octanol–water partition coefficient (Wildman–Crippen LogP) is 5.30. The summed E-state index contributed by atoms with van der Waals surface area (Å²) in [6.07, 6.45) is 4.37. The number of nitrogens with one attached hydrogen (secondary N) is 2. The third-order valence-corrected chi connectivity index (χ3v) is 12.5. The molecule has 1 aromatic heterocycles. The fourth-order valence-corrected chi connectivity index (χ4v) is 9.11. The van der Waals surface area contributed by atoms with Gasteiger partial charge in [-0.2, -0.15) is 0 Å². The summed E-state index contributed by atoms with van der Waals surface area (Å²) in [5.41, 5.74) is 1.31. The molecule has 2 N–H and O–H groups in total. The van der Waals surface area contributed by atoms with Crippen LogP contribution in [0.15, 0.2) is 35.9 Å². The molecular weight excluding hydrogens is 766 g/mol. The molecule has 2 aromatic rings. The van der Waals surface area contributed by atoms with E-state index in [4.69, 9.17) is 40.3 Å². The van der Waals surface area contributed by atoms with Crippen LogP contribution in [0.2, 0.25) is 5.02 Å². The zero-order valence-corrected chi connectivity index (χ0v) is 34.9. The molecule has 58 heavy (non-hydrogen) atoms. The van der Waals surface area contributed by atoms with Gasteiger partial charge in [0.1, 0.15) is 53.0 Å². The van der Waals surface area contributed by atoms with E-state index < -0.39 is 47.6 Å². The Labute approximate surface area is 344 Å². The fraction of sp³-hybridized carbons (Fsp3) is 0.605. The molecule has 3 heterocycles. The molecule has 5 aliphatic rings. The second-order valence-electron chi connectivity index (χ2n) is 16.8. The molecule has 15 heteroatoms. The highest BCUT2D eigenvalue weighted by atomic mass is 35.5. The normalized spacial score (nSPS) is 27.9. The van der Waals surface area contributed by atoms with Crippen LogP contribution < -0.4 is 20.1 Å². The minimum absolute atomic E-state index is 0.00407. The van der Waals surface area contributed by atoms with Gasteiger partial charge in [0.15, 0.2) is 0 Å². The summed E-state index contributed by atoms with van der Waals surface area (Å²) >= 11 is 6.99. The van der Waals surface area contributed by atoms with Crippen molar-refractivity contribution < 1.29 is 42.9 Å². The van der Waals surface area contributed by atoms with Crippen LogP contribution in [0.5, 0.6) is 11.5 Å². The van der Waals surface area contributed by atoms with Crippen LogP contribution in [0.1, 0.15) is 71.9 Å². The second-order valence-corrected chi connectivity index (χ2v) is 17.1. The van der Waals surface area contributed by atoms with Gasteiger partial charge in [-0.1, -0.05) is 37.1 Å². The number of pyridine rings is 1. The summed E-state index contributed by atoms with van der Waals surface area (Å²) in [6.45, 7) is 15.8. The maximum atomic E-state index is 14.5. The molecule has 8 atom stereocenters. The van der Waals surface area contributed by atoms with Crippen LogP contribution >= 0.6 is 11.6 Å². The lowest BCUT2D eigenvalue weighted by Gasteiger charge is -2.30. The van der Waals surface area contributed by atoms with E-state index in [1.54, 1.807) is 13.0 Å². The van der Waals surface area contributed by atoms with Gasteiger partial charge in [-0.3, -0.25) is 14.5 Å². The summed E-state index contributed by atoms with van der Waals surface area (Å²) < 4.78 is 29.1. The maximum Gasteiger partial charge on any atom is 0.408 e. The van der Waals surface area contributed by atoms with Gasteiger partial charge in [-0.25, -0.2) is 14.6 Å². The number of ether oxygens (including phenoxy) is 5. The smallest absolute Gasteiger partial charge is 0.408 e. The van der Waals surface area contributed by atoms with E-state index >= 15 is 0 Å². The zero-order chi connectivity index (χ0) is 41.3. The number of alkyl carbamates (subject to hydrolysis) is 1. The van der Waals surface area contributed by atoms with Crippen molar-refractivity contribution in [2.45, 2.75) is 96.1 Å². The molecule has 5 fully saturated rings. The average molecular weight is 822 g/mol. The Balaban J connectivity index is 1.14. The molecule has 0 radical (unpaired) electrons. The minimum Gasteiger partial charge on any atom is -0.491 e. The monoisotopic (exact) mass is 821 g/mol. The standard InChI is InChI=1S/C43H56ClN5O9/c1-7-28-22-43(28,41(52)54-6)47-39(50)33-21-31(23-49(33)40(51)37(25(4)5)46-42(53)58-30-18-26-17-27(26)19-30)57-35-20-29(16-24(2)3)45-38-32(35)8-9-34(36(38)44)56-15-12-48-10-13-55-14-11-48/h8-9,16,20,26-28,30-31,33,37H,4,7,10-15,17-19,21-23H2,1-3,5-6H3,(H,46,53)(H,47,50)/t26-,27+,28-,30+,31-,33+,37+,43-/m1/s1. The molecule has 2 aliphatic heterocycles. The number of methoxy groups -OCH3 is 1. The van der Waals surface area contributed by atoms with E-state index in [-0.39, 0.29) is 25.0 Å². The Morgan fingerprint density at radius 3 is 2.47 bits per heavy atom. The first-order chi connectivity index (χ1) is 27.8. The maximum absolute atomic E-state index is 14.5. The first kappa shape index (κ1) is 41.7. The number of benzene rings is 1. The van der Waals surface area contributed by atoms with Crippen molar-refractivity contribution in [2.24, 2.45) is 17.8 Å².